The van der Waals surface area contributed by atoms with E-state index in [0.29, 0.717) is 36.9 Å². The molecule has 1 amide bonds. The van der Waals surface area contributed by atoms with Crippen molar-refractivity contribution in [3.63, 3.8) is 0 Å². The summed E-state index contributed by atoms with van der Waals surface area (Å²) in [7, 11) is -3.42. The van der Waals surface area contributed by atoms with E-state index in [4.69, 9.17) is 0 Å². The van der Waals surface area contributed by atoms with Crippen LogP contribution in [0.5, 0.6) is 0 Å². The number of hydrogen-bond donors (Lipinski definition) is 2. The topological polar surface area (TPSA) is 70.9 Å². The summed E-state index contributed by atoms with van der Waals surface area (Å²) in [4.78, 5) is 14.0. The maximum absolute atomic E-state index is 12.9. The van der Waals surface area contributed by atoms with Crippen LogP contribution in [-0.4, -0.2) is 51.4 Å². The molecule has 162 valence electrons. The average Bonchev–Trinajstić information content (AvgIpc) is 3.35. The normalized spacial score (nSPS) is 15.8. The van der Waals surface area contributed by atoms with Crippen molar-refractivity contribution in [3.8, 4) is 0 Å². The molecule has 2 heterocycles. The van der Waals surface area contributed by atoms with Crippen molar-refractivity contribution in [3.05, 3.63) is 89.3 Å². The van der Waals surface area contributed by atoms with Gasteiger partial charge in [0.15, 0.2) is 6.54 Å². The molecule has 0 aliphatic carbocycles. The van der Waals surface area contributed by atoms with Gasteiger partial charge >= 0.3 is 0 Å². The van der Waals surface area contributed by atoms with Gasteiger partial charge in [-0.05, 0) is 22.6 Å². The van der Waals surface area contributed by atoms with Crippen molar-refractivity contribution in [1.29, 1.82) is 0 Å². The van der Waals surface area contributed by atoms with Gasteiger partial charge in [-0.1, -0.05) is 66.7 Å². The van der Waals surface area contributed by atoms with Crippen LogP contribution in [-0.2, 0) is 14.8 Å². The predicted molar refractivity (Wildman–Crippen MR) is 122 cm³/mol. The van der Waals surface area contributed by atoms with Crippen LogP contribution in [0.1, 0.15) is 17.2 Å². The third-order valence-corrected chi connectivity index (χ3v) is 8.77. The molecule has 2 aromatic carbocycles. The van der Waals surface area contributed by atoms with Crippen LogP contribution < -0.4 is 10.2 Å². The first-order chi connectivity index (χ1) is 15.0. The summed E-state index contributed by atoms with van der Waals surface area (Å²) in [5, 5.41) is 4.94. The first-order valence-electron chi connectivity index (χ1n) is 10.3. The summed E-state index contributed by atoms with van der Waals surface area (Å²) in [6, 6.07) is 23.0. The van der Waals surface area contributed by atoms with Crippen molar-refractivity contribution < 1.29 is 18.1 Å². The summed E-state index contributed by atoms with van der Waals surface area (Å²) in [5.41, 5.74) is 2.06. The lowest BCUT2D eigenvalue weighted by molar-refractivity contribution is -0.895. The SMILES string of the molecule is O=C(C[NH+]1CCN(S(=O)(=O)c2cccs2)CC1)NC(c1ccccc1)c1ccccc1. The molecule has 2 N–H and O–H groups in total. The number of amides is 1. The number of quaternary nitrogens is 1. The van der Waals surface area contributed by atoms with Gasteiger partial charge in [-0.3, -0.25) is 4.79 Å². The highest BCUT2D eigenvalue weighted by Crippen LogP contribution is 2.22. The van der Waals surface area contributed by atoms with Crippen LogP contribution in [0.4, 0.5) is 0 Å². The van der Waals surface area contributed by atoms with E-state index >= 15 is 0 Å². The number of benzene rings is 2. The molecule has 1 aliphatic heterocycles. The van der Waals surface area contributed by atoms with Gasteiger partial charge in [-0.25, -0.2) is 8.42 Å². The minimum Gasteiger partial charge on any atom is -0.340 e. The zero-order valence-corrected chi connectivity index (χ0v) is 18.7. The number of nitrogens with one attached hydrogen (secondary N) is 2. The molecule has 0 bridgehead atoms. The Bertz CT molecular complexity index is 1040. The van der Waals surface area contributed by atoms with Gasteiger partial charge in [0.05, 0.1) is 32.2 Å². The molecule has 8 heteroatoms. The van der Waals surface area contributed by atoms with Crippen LogP contribution in [0, 0.1) is 0 Å². The molecule has 4 rings (SSSR count). The molecule has 1 saturated heterocycles. The van der Waals surface area contributed by atoms with Crippen molar-refractivity contribution in [2.24, 2.45) is 0 Å². The van der Waals surface area contributed by atoms with Gasteiger partial charge in [-0.2, -0.15) is 4.31 Å². The maximum atomic E-state index is 12.9. The highest BCUT2D eigenvalue weighted by Gasteiger charge is 2.32. The lowest BCUT2D eigenvalue weighted by Crippen LogP contribution is -3.15. The second-order valence-electron chi connectivity index (χ2n) is 7.58. The third-order valence-electron chi connectivity index (χ3n) is 5.50. The average molecular weight is 457 g/mol. The molecule has 6 nitrogen and oxygen atoms in total. The number of sulfonamides is 1. The molecule has 31 heavy (non-hydrogen) atoms. The molecule has 3 aromatic rings. The fourth-order valence-corrected chi connectivity index (χ4v) is 6.43. The molecule has 0 radical (unpaired) electrons. The Hall–Kier alpha value is -2.52. The molecule has 1 aromatic heterocycles. The zero-order chi connectivity index (χ0) is 21.7. The van der Waals surface area contributed by atoms with Crippen LogP contribution in [0.3, 0.4) is 0 Å². The quantitative estimate of drug-likeness (QED) is 0.567. The van der Waals surface area contributed by atoms with Gasteiger partial charge in [-0.15, -0.1) is 11.3 Å². The van der Waals surface area contributed by atoms with Crippen molar-refractivity contribution in [1.82, 2.24) is 9.62 Å². The summed E-state index contributed by atoms with van der Waals surface area (Å²) in [5.74, 6) is -0.0396. The summed E-state index contributed by atoms with van der Waals surface area (Å²) in [6.45, 7) is 2.38. The van der Waals surface area contributed by atoms with E-state index in [2.05, 4.69) is 5.32 Å². The van der Waals surface area contributed by atoms with E-state index in [0.717, 1.165) is 16.0 Å². The number of carbonyl (C=O) groups is 1. The number of carbonyl (C=O) groups excluding carboxylic acids is 1. The number of piperazine rings is 1. The van der Waals surface area contributed by atoms with Crippen LogP contribution in [0.25, 0.3) is 0 Å². The fourth-order valence-electron chi connectivity index (χ4n) is 3.85. The Morgan fingerprint density at radius 2 is 1.52 bits per heavy atom. The zero-order valence-electron chi connectivity index (χ0n) is 17.1. The maximum Gasteiger partial charge on any atom is 0.275 e. The van der Waals surface area contributed by atoms with Gasteiger partial charge in [0, 0.05) is 0 Å². The molecular formula is C23H26N3O3S2+. The van der Waals surface area contributed by atoms with Crippen molar-refractivity contribution in [2.75, 3.05) is 32.7 Å². The van der Waals surface area contributed by atoms with Gasteiger partial charge in [0.1, 0.15) is 4.21 Å². The Kier molecular flexibility index (Phi) is 6.82. The first-order valence-corrected chi connectivity index (χ1v) is 12.6. The van der Waals surface area contributed by atoms with Crippen LogP contribution in [0.15, 0.2) is 82.4 Å². The van der Waals surface area contributed by atoms with Crippen LogP contribution >= 0.6 is 11.3 Å². The number of nitrogens with zero attached hydrogens (tertiary/aromatic N) is 1. The van der Waals surface area contributed by atoms with E-state index in [1.54, 1.807) is 17.5 Å². The highest BCUT2D eigenvalue weighted by molar-refractivity contribution is 7.91. The van der Waals surface area contributed by atoms with E-state index in [1.165, 1.54) is 15.6 Å². The lowest BCUT2D eigenvalue weighted by atomic mass is 9.99. The van der Waals surface area contributed by atoms with E-state index in [1.807, 2.05) is 60.7 Å². The molecule has 1 aliphatic rings. The Morgan fingerprint density at radius 3 is 2.03 bits per heavy atom. The largest absolute Gasteiger partial charge is 0.340 e. The van der Waals surface area contributed by atoms with Gasteiger partial charge in [0.2, 0.25) is 0 Å². The molecule has 0 unspecified atom stereocenters. The minimum atomic E-state index is -3.42. The van der Waals surface area contributed by atoms with E-state index in [-0.39, 0.29) is 11.9 Å². The Balaban J connectivity index is 1.37. The number of rotatable bonds is 7. The second kappa shape index (κ2) is 9.74. The van der Waals surface area contributed by atoms with Crippen molar-refractivity contribution in [2.45, 2.75) is 10.3 Å². The molecule has 0 spiro atoms. The highest BCUT2D eigenvalue weighted by atomic mass is 32.2. The Morgan fingerprint density at radius 1 is 0.935 bits per heavy atom. The summed E-state index contributed by atoms with van der Waals surface area (Å²) in [6.07, 6.45) is 0. The first kappa shape index (κ1) is 21.7. The second-order valence-corrected chi connectivity index (χ2v) is 10.7. The molecular weight excluding hydrogens is 430 g/mol. The monoisotopic (exact) mass is 456 g/mol. The summed E-state index contributed by atoms with van der Waals surface area (Å²) >= 11 is 1.24. The van der Waals surface area contributed by atoms with Crippen molar-refractivity contribution >= 4 is 27.3 Å². The standard InChI is InChI=1S/C23H25N3O3S2/c27-21(24-23(19-8-3-1-4-9-19)20-10-5-2-6-11-20)18-25-13-15-26(16-14-25)31(28,29)22-12-7-17-30-22/h1-12,17,23H,13-16,18H2,(H,24,27)/p+1. The smallest absolute Gasteiger partial charge is 0.275 e. The van der Waals surface area contributed by atoms with Gasteiger partial charge < -0.3 is 10.2 Å². The fraction of sp³-hybridized carbons (Fsp3) is 0.261. The number of hydrogen-bond acceptors (Lipinski definition) is 4. The Labute approximate surface area is 187 Å². The predicted octanol–water partition coefficient (Wildman–Crippen LogP) is 1.54. The molecule has 1 fully saturated rings. The van der Waals surface area contributed by atoms with Crippen LogP contribution in [0.2, 0.25) is 0 Å². The van der Waals surface area contributed by atoms with E-state index in [9.17, 15) is 13.2 Å². The molecule has 0 saturated carbocycles. The third kappa shape index (κ3) is 5.22. The molecule has 0 atom stereocenters. The van der Waals surface area contributed by atoms with Gasteiger partial charge in [0.25, 0.3) is 15.9 Å². The minimum absolute atomic E-state index is 0.0396. The summed E-state index contributed by atoms with van der Waals surface area (Å²) < 4.78 is 27.3. The van der Waals surface area contributed by atoms with E-state index < -0.39 is 10.0 Å². The number of thiophene rings is 1. The lowest BCUT2D eigenvalue weighted by Gasteiger charge is -2.31.